The summed E-state index contributed by atoms with van der Waals surface area (Å²) >= 11 is 2.21. The molecule has 1 fully saturated rings. The molecule has 2 rings (SSSR count). The molecule has 0 saturated heterocycles. The third kappa shape index (κ3) is 4.19. The van der Waals surface area contributed by atoms with Crippen molar-refractivity contribution in [3.8, 4) is 0 Å². The van der Waals surface area contributed by atoms with Gasteiger partial charge in [0.25, 0.3) is 0 Å². The van der Waals surface area contributed by atoms with Crippen LogP contribution in [-0.4, -0.2) is 22.5 Å². The fraction of sp³-hybridized carbons (Fsp3) is 0.467. The number of aliphatic carboxylic acids is 1. The average molecular weight is 387 g/mol. The molecule has 0 heterocycles. The van der Waals surface area contributed by atoms with Crippen LogP contribution in [-0.2, 0) is 16.0 Å². The van der Waals surface area contributed by atoms with E-state index in [-0.39, 0.29) is 12.3 Å². The second-order valence-corrected chi connectivity index (χ2v) is 6.66. The molecule has 0 aliphatic heterocycles. The number of benzene rings is 1. The maximum absolute atomic E-state index is 12.2. The second kappa shape index (κ2) is 6.56. The van der Waals surface area contributed by atoms with Crippen LogP contribution in [0.5, 0.6) is 0 Å². The highest BCUT2D eigenvalue weighted by Gasteiger charge is 2.37. The Morgan fingerprint density at radius 3 is 2.60 bits per heavy atom. The normalized spacial score (nSPS) is 16.9. The Morgan fingerprint density at radius 2 is 2.00 bits per heavy atom. The van der Waals surface area contributed by atoms with Crippen LogP contribution < -0.4 is 5.32 Å². The maximum Gasteiger partial charge on any atom is 0.305 e. The Balaban J connectivity index is 2.00. The number of carbonyl (C=O) groups is 2. The Labute approximate surface area is 132 Å². The van der Waals surface area contributed by atoms with Crippen molar-refractivity contribution in [2.75, 3.05) is 0 Å². The van der Waals surface area contributed by atoms with E-state index in [1.165, 1.54) is 0 Å². The first kappa shape index (κ1) is 15.3. The van der Waals surface area contributed by atoms with Crippen molar-refractivity contribution < 1.29 is 14.7 Å². The first-order chi connectivity index (χ1) is 9.49. The number of nitrogens with one attached hydrogen (secondary N) is 1. The Bertz CT molecular complexity index is 510. The monoisotopic (exact) mass is 387 g/mol. The van der Waals surface area contributed by atoms with Gasteiger partial charge in [0.1, 0.15) is 0 Å². The van der Waals surface area contributed by atoms with E-state index in [1.807, 2.05) is 24.3 Å². The molecular formula is C15H18INO3. The van der Waals surface area contributed by atoms with Crippen molar-refractivity contribution in [1.82, 2.24) is 5.32 Å². The summed E-state index contributed by atoms with van der Waals surface area (Å²) in [5, 5.41) is 12.0. The van der Waals surface area contributed by atoms with E-state index >= 15 is 0 Å². The lowest BCUT2D eigenvalue weighted by atomic mass is 9.92. The molecule has 20 heavy (non-hydrogen) atoms. The molecule has 108 valence electrons. The van der Waals surface area contributed by atoms with Gasteiger partial charge in [-0.3, -0.25) is 9.59 Å². The van der Waals surface area contributed by atoms with Crippen LogP contribution in [0.4, 0.5) is 0 Å². The zero-order valence-electron chi connectivity index (χ0n) is 11.2. The molecule has 1 aromatic rings. The van der Waals surface area contributed by atoms with E-state index in [1.54, 1.807) is 0 Å². The molecular weight excluding hydrogens is 369 g/mol. The van der Waals surface area contributed by atoms with Crippen LogP contribution in [0.1, 0.15) is 37.7 Å². The van der Waals surface area contributed by atoms with Gasteiger partial charge >= 0.3 is 5.97 Å². The van der Waals surface area contributed by atoms with Crippen LogP contribution in [0, 0.1) is 3.57 Å². The van der Waals surface area contributed by atoms with E-state index in [4.69, 9.17) is 5.11 Å². The van der Waals surface area contributed by atoms with Gasteiger partial charge in [-0.25, -0.2) is 0 Å². The first-order valence-corrected chi connectivity index (χ1v) is 7.84. The summed E-state index contributed by atoms with van der Waals surface area (Å²) in [7, 11) is 0. The molecule has 0 aromatic heterocycles. The summed E-state index contributed by atoms with van der Waals surface area (Å²) in [6, 6.07) is 7.79. The van der Waals surface area contributed by atoms with Crippen molar-refractivity contribution in [2.24, 2.45) is 0 Å². The minimum absolute atomic E-state index is 0.0189. The molecule has 0 bridgehead atoms. The van der Waals surface area contributed by atoms with Gasteiger partial charge in [0.15, 0.2) is 0 Å². The Morgan fingerprint density at radius 1 is 1.30 bits per heavy atom. The van der Waals surface area contributed by atoms with Crippen molar-refractivity contribution in [3.05, 3.63) is 33.4 Å². The lowest BCUT2D eigenvalue weighted by Gasteiger charge is -2.28. The molecule has 0 unspecified atom stereocenters. The van der Waals surface area contributed by atoms with E-state index in [2.05, 4.69) is 27.9 Å². The van der Waals surface area contributed by atoms with Gasteiger partial charge in [0.05, 0.1) is 18.4 Å². The number of hydrogen-bond donors (Lipinski definition) is 2. The van der Waals surface area contributed by atoms with E-state index in [0.29, 0.717) is 6.42 Å². The zero-order chi connectivity index (χ0) is 14.6. The molecule has 1 amide bonds. The SMILES string of the molecule is O=C(O)CC1(NC(=O)Cc2cccc(I)c2)CCCC1. The predicted molar refractivity (Wildman–Crippen MR) is 84.5 cm³/mol. The molecule has 1 aliphatic rings. The molecule has 1 saturated carbocycles. The second-order valence-electron chi connectivity index (χ2n) is 5.41. The van der Waals surface area contributed by atoms with Gasteiger partial charge < -0.3 is 10.4 Å². The fourth-order valence-electron chi connectivity index (χ4n) is 2.86. The number of carboxylic acids is 1. The number of amides is 1. The standard InChI is InChI=1S/C15H18INO3/c16-12-5-3-4-11(8-12)9-13(18)17-15(10-14(19)20)6-1-2-7-15/h3-5,8H,1-2,6-7,9-10H2,(H,17,18)(H,19,20). The number of carboxylic acid groups (broad SMARTS) is 1. The minimum atomic E-state index is -0.846. The summed E-state index contributed by atoms with van der Waals surface area (Å²) in [5.41, 5.74) is 0.420. The predicted octanol–water partition coefficient (Wildman–Crippen LogP) is 2.74. The molecule has 0 spiro atoms. The molecule has 1 aromatic carbocycles. The van der Waals surface area contributed by atoms with Crippen molar-refractivity contribution in [3.63, 3.8) is 0 Å². The summed E-state index contributed by atoms with van der Waals surface area (Å²) in [6.45, 7) is 0. The summed E-state index contributed by atoms with van der Waals surface area (Å²) < 4.78 is 1.09. The van der Waals surface area contributed by atoms with Crippen LogP contribution in [0.2, 0.25) is 0 Å². The highest BCUT2D eigenvalue weighted by Crippen LogP contribution is 2.32. The van der Waals surface area contributed by atoms with Crippen LogP contribution in [0.25, 0.3) is 0 Å². The van der Waals surface area contributed by atoms with Crippen molar-refractivity contribution in [1.29, 1.82) is 0 Å². The van der Waals surface area contributed by atoms with Gasteiger partial charge in [-0.1, -0.05) is 25.0 Å². The number of halogens is 1. The fourth-order valence-corrected chi connectivity index (χ4v) is 3.47. The molecule has 5 heteroatoms. The molecule has 0 atom stereocenters. The third-order valence-electron chi connectivity index (χ3n) is 3.71. The van der Waals surface area contributed by atoms with Crippen LogP contribution in [0.15, 0.2) is 24.3 Å². The smallest absolute Gasteiger partial charge is 0.305 e. The number of carbonyl (C=O) groups excluding carboxylic acids is 1. The maximum atomic E-state index is 12.2. The van der Waals surface area contributed by atoms with E-state index in [0.717, 1.165) is 34.8 Å². The van der Waals surface area contributed by atoms with Crippen molar-refractivity contribution >= 4 is 34.5 Å². The largest absolute Gasteiger partial charge is 0.481 e. The molecule has 0 radical (unpaired) electrons. The van der Waals surface area contributed by atoms with Gasteiger partial charge in [-0.05, 0) is 53.1 Å². The average Bonchev–Trinajstić information content (AvgIpc) is 2.75. The van der Waals surface area contributed by atoms with Gasteiger partial charge in [-0.2, -0.15) is 0 Å². The van der Waals surface area contributed by atoms with Crippen LogP contribution in [0.3, 0.4) is 0 Å². The lowest BCUT2D eigenvalue weighted by Crippen LogP contribution is -2.48. The van der Waals surface area contributed by atoms with Gasteiger partial charge in [-0.15, -0.1) is 0 Å². The molecule has 4 nitrogen and oxygen atoms in total. The highest BCUT2D eigenvalue weighted by atomic mass is 127. The quantitative estimate of drug-likeness (QED) is 0.764. The summed E-state index contributed by atoms with van der Waals surface area (Å²) in [4.78, 5) is 23.2. The van der Waals surface area contributed by atoms with Gasteiger partial charge in [0, 0.05) is 3.57 Å². The lowest BCUT2D eigenvalue weighted by molar-refractivity contribution is -0.139. The zero-order valence-corrected chi connectivity index (χ0v) is 13.4. The number of rotatable bonds is 5. The summed E-state index contributed by atoms with van der Waals surface area (Å²) in [5.74, 6) is -0.934. The van der Waals surface area contributed by atoms with E-state index < -0.39 is 11.5 Å². The topological polar surface area (TPSA) is 66.4 Å². The Kier molecular flexibility index (Phi) is 5.01. The Hall–Kier alpha value is -1.11. The van der Waals surface area contributed by atoms with Crippen LogP contribution >= 0.6 is 22.6 Å². The highest BCUT2D eigenvalue weighted by molar-refractivity contribution is 14.1. The van der Waals surface area contributed by atoms with E-state index in [9.17, 15) is 9.59 Å². The summed E-state index contributed by atoms with van der Waals surface area (Å²) in [6.07, 6.45) is 3.81. The third-order valence-corrected chi connectivity index (χ3v) is 4.38. The van der Waals surface area contributed by atoms with Crippen molar-refractivity contribution in [2.45, 2.75) is 44.1 Å². The minimum Gasteiger partial charge on any atom is -0.481 e. The molecule has 1 aliphatic carbocycles. The first-order valence-electron chi connectivity index (χ1n) is 6.76. The number of hydrogen-bond acceptors (Lipinski definition) is 2. The van der Waals surface area contributed by atoms with Gasteiger partial charge in [0.2, 0.25) is 5.91 Å². The molecule has 2 N–H and O–H groups in total.